The molecule has 1 aliphatic rings. The fraction of sp³-hybridized carbons (Fsp3) is 0.222. The average molecular weight is 318 g/mol. The van der Waals surface area contributed by atoms with E-state index in [-0.39, 0.29) is 15.5 Å². The third kappa shape index (κ3) is 1.81. The number of hydrogen-bond donors (Lipinski definition) is 1. The van der Waals surface area contributed by atoms with Crippen LogP contribution in [0.1, 0.15) is 5.56 Å². The molecule has 2 rings (SSSR count). The summed E-state index contributed by atoms with van der Waals surface area (Å²) in [6, 6.07) is 4.83. The first kappa shape index (κ1) is 10.3. The van der Waals surface area contributed by atoms with Gasteiger partial charge in [0.2, 0.25) is 5.91 Å². The van der Waals surface area contributed by atoms with Crippen molar-refractivity contribution in [1.29, 1.82) is 0 Å². The predicted molar refractivity (Wildman–Crippen MR) is 63.2 cm³/mol. The maximum Gasteiger partial charge on any atom is 0.293 e. The number of anilines is 1. The van der Waals surface area contributed by atoms with E-state index in [2.05, 4.69) is 5.32 Å². The van der Waals surface area contributed by atoms with Crippen molar-refractivity contribution < 1.29 is 9.72 Å². The van der Waals surface area contributed by atoms with Crippen LogP contribution >= 0.6 is 22.6 Å². The summed E-state index contributed by atoms with van der Waals surface area (Å²) in [6.07, 6.45) is 0.545. The SMILES string of the molecule is O=C1Nc2c(cccc2[N+](=O)[O-])CC1I. The molecule has 0 fully saturated rings. The van der Waals surface area contributed by atoms with Crippen LogP contribution in [0.2, 0.25) is 0 Å². The second-order valence-electron chi connectivity index (χ2n) is 3.23. The van der Waals surface area contributed by atoms with Gasteiger partial charge in [0.15, 0.2) is 0 Å². The van der Waals surface area contributed by atoms with Crippen LogP contribution in [0.3, 0.4) is 0 Å². The van der Waals surface area contributed by atoms with Crippen molar-refractivity contribution >= 4 is 39.9 Å². The first-order valence-corrected chi connectivity index (χ1v) is 5.55. The van der Waals surface area contributed by atoms with Gasteiger partial charge in [-0.25, -0.2) is 0 Å². The minimum Gasteiger partial charge on any atom is -0.319 e. The number of nitrogens with one attached hydrogen (secondary N) is 1. The molecule has 0 bridgehead atoms. The van der Waals surface area contributed by atoms with E-state index >= 15 is 0 Å². The minimum atomic E-state index is -0.480. The molecule has 1 N–H and O–H groups in total. The number of fused-ring (bicyclic) bond motifs is 1. The van der Waals surface area contributed by atoms with Crippen LogP contribution in [0.25, 0.3) is 0 Å². The van der Waals surface area contributed by atoms with Crippen molar-refractivity contribution in [1.82, 2.24) is 0 Å². The number of amides is 1. The number of rotatable bonds is 1. The molecule has 0 aliphatic carbocycles. The van der Waals surface area contributed by atoms with E-state index < -0.39 is 4.92 Å². The third-order valence-corrected chi connectivity index (χ3v) is 3.26. The number of para-hydroxylation sites is 1. The van der Waals surface area contributed by atoms with Gasteiger partial charge in [-0.1, -0.05) is 34.7 Å². The molecule has 1 aliphatic heterocycles. The summed E-state index contributed by atoms with van der Waals surface area (Å²) in [5.74, 6) is -0.169. The zero-order valence-electron chi connectivity index (χ0n) is 7.57. The highest BCUT2D eigenvalue weighted by atomic mass is 127. The second-order valence-corrected chi connectivity index (χ2v) is 4.73. The van der Waals surface area contributed by atoms with E-state index in [0.29, 0.717) is 12.1 Å². The molecule has 0 radical (unpaired) electrons. The summed E-state index contributed by atoms with van der Waals surface area (Å²) in [5.41, 5.74) is 1.13. The zero-order chi connectivity index (χ0) is 11.0. The van der Waals surface area contributed by atoms with Crippen molar-refractivity contribution in [2.45, 2.75) is 10.3 Å². The van der Waals surface area contributed by atoms with Crippen LogP contribution in [0.15, 0.2) is 18.2 Å². The van der Waals surface area contributed by atoms with Crippen LogP contribution in [0, 0.1) is 10.1 Å². The topological polar surface area (TPSA) is 72.2 Å². The largest absolute Gasteiger partial charge is 0.319 e. The molecular weight excluding hydrogens is 311 g/mol. The van der Waals surface area contributed by atoms with E-state index in [1.165, 1.54) is 6.07 Å². The molecule has 15 heavy (non-hydrogen) atoms. The second kappa shape index (κ2) is 3.76. The van der Waals surface area contributed by atoms with Gasteiger partial charge in [-0.15, -0.1) is 0 Å². The Kier molecular flexibility index (Phi) is 2.59. The van der Waals surface area contributed by atoms with Gasteiger partial charge in [0, 0.05) is 6.07 Å². The van der Waals surface area contributed by atoms with Gasteiger partial charge < -0.3 is 5.32 Å². The highest BCUT2D eigenvalue weighted by Crippen LogP contribution is 2.33. The zero-order valence-corrected chi connectivity index (χ0v) is 9.72. The number of hydrogen-bond acceptors (Lipinski definition) is 3. The minimum absolute atomic E-state index is 0.0378. The Balaban J connectivity index is 2.52. The van der Waals surface area contributed by atoms with Crippen LogP contribution in [0.5, 0.6) is 0 Å². The summed E-state index contributed by atoms with van der Waals surface area (Å²) in [5, 5.41) is 13.3. The Morgan fingerprint density at radius 2 is 2.27 bits per heavy atom. The molecule has 0 saturated carbocycles. The average Bonchev–Trinajstić information content (AvgIpc) is 2.18. The van der Waals surface area contributed by atoms with Gasteiger partial charge in [0.1, 0.15) is 5.69 Å². The number of carbonyl (C=O) groups excluding carboxylic acids is 1. The molecule has 5 nitrogen and oxygen atoms in total. The lowest BCUT2D eigenvalue weighted by Gasteiger charge is -2.20. The molecule has 1 heterocycles. The Morgan fingerprint density at radius 1 is 1.53 bits per heavy atom. The quantitative estimate of drug-likeness (QED) is 0.372. The van der Waals surface area contributed by atoms with Crippen molar-refractivity contribution in [3.05, 3.63) is 33.9 Å². The molecular formula is C9H7IN2O3. The van der Waals surface area contributed by atoms with Gasteiger partial charge in [-0.3, -0.25) is 14.9 Å². The van der Waals surface area contributed by atoms with Crippen LogP contribution in [-0.4, -0.2) is 14.8 Å². The van der Waals surface area contributed by atoms with Crippen molar-refractivity contribution in [3.8, 4) is 0 Å². The van der Waals surface area contributed by atoms with E-state index in [1.54, 1.807) is 12.1 Å². The number of nitro benzene ring substituents is 1. The number of nitrogens with zero attached hydrogens (tertiary/aromatic N) is 1. The van der Waals surface area contributed by atoms with Crippen molar-refractivity contribution in [2.24, 2.45) is 0 Å². The van der Waals surface area contributed by atoms with Gasteiger partial charge >= 0.3 is 0 Å². The maximum absolute atomic E-state index is 11.4. The Hall–Kier alpha value is -1.18. The van der Waals surface area contributed by atoms with Crippen LogP contribution in [-0.2, 0) is 11.2 Å². The van der Waals surface area contributed by atoms with E-state index in [0.717, 1.165) is 5.56 Å². The van der Waals surface area contributed by atoms with Gasteiger partial charge in [-0.05, 0) is 12.0 Å². The molecule has 1 unspecified atom stereocenters. The summed E-state index contributed by atoms with van der Waals surface area (Å²) >= 11 is 2.03. The lowest BCUT2D eigenvalue weighted by Crippen LogP contribution is -2.30. The smallest absolute Gasteiger partial charge is 0.293 e. The van der Waals surface area contributed by atoms with Crippen molar-refractivity contribution in [3.63, 3.8) is 0 Å². The molecule has 0 aromatic heterocycles. The highest BCUT2D eigenvalue weighted by Gasteiger charge is 2.28. The van der Waals surface area contributed by atoms with Gasteiger partial charge in [0.05, 0.1) is 8.85 Å². The predicted octanol–water partition coefficient (Wildman–Crippen LogP) is 1.89. The number of nitro groups is 1. The molecule has 1 atom stereocenters. The summed E-state index contributed by atoms with van der Waals surface area (Å²) in [4.78, 5) is 21.6. The van der Waals surface area contributed by atoms with E-state index in [9.17, 15) is 14.9 Å². The third-order valence-electron chi connectivity index (χ3n) is 2.26. The molecule has 0 spiro atoms. The van der Waals surface area contributed by atoms with Gasteiger partial charge in [0.25, 0.3) is 5.69 Å². The molecule has 0 saturated heterocycles. The highest BCUT2D eigenvalue weighted by molar-refractivity contribution is 14.1. The number of benzene rings is 1. The standard InChI is InChI=1S/C9H7IN2O3/c10-6-4-5-2-1-3-7(12(14)15)8(5)11-9(6)13/h1-3,6H,4H2,(H,11,13). The monoisotopic (exact) mass is 318 g/mol. The summed E-state index contributed by atoms with van der Waals surface area (Å²) in [7, 11) is 0. The fourth-order valence-electron chi connectivity index (χ4n) is 1.54. The Morgan fingerprint density at radius 3 is 2.93 bits per heavy atom. The normalized spacial score (nSPS) is 19.3. The molecule has 6 heteroatoms. The number of halogens is 1. The number of carbonyl (C=O) groups is 1. The molecule has 1 aromatic carbocycles. The van der Waals surface area contributed by atoms with Gasteiger partial charge in [-0.2, -0.15) is 0 Å². The van der Waals surface area contributed by atoms with Crippen molar-refractivity contribution in [2.75, 3.05) is 5.32 Å². The lowest BCUT2D eigenvalue weighted by molar-refractivity contribution is -0.384. The summed E-state index contributed by atoms with van der Waals surface area (Å²) < 4.78 is -0.155. The van der Waals surface area contributed by atoms with Crippen LogP contribution in [0.4, 0.5) is 11.4 Å². The Bertz CT molecular complexity index is 447. The molecule has 1 aromatic rings. The van der Waals surface area contributed by atoms with Crippen LogP contribution < -0.4 is 5.32 Å². The molecule has 1 amide bonds. The van der Waals surface area contributed by atoms with E-state index in [4.69, 9.17) is 0 Å². The first-order valence-electron chi connectivity index (χ1n) is 4.31. The fourth-order valence-corrected chi connectivity index (χ4v) is 2.17. The van der Waals surface area contributed by atoms with E-state index in [1.807, 2.05) is 22.6 Å². The maximum atomic E-state index is 11.4. The Labute approximate surface area is 99.1 Å². The summed E-state index contributed by atoms with van der Waals surface area (Å²) in [6.45, 7) is 0. The number of alkyl halides is 1. The molecule has 78 valence electrons. The first-order chi connectivity index (χ1) is 7.09. The lowest BCUT2D eigenvalue weighted by atomic mass is 10.0.